The Morgan fingerprint density at radius 1 is 1.03 bits per heavy atom. The van der Waals surface area contributed by atoms with Crippen molar-refractivity contribution in [3.8, 4) is 0 Å². The number of sulfonamides is 1. The Morgan fingerprint density at radius 2 is 1.76 bits per heavy atom. The minimum atomic E-state index is -3.22. The second-order valence-corrected chi connectivity index (χ2v) is 11.1. The summed E-state index contributed by atoms with van der Waals surface area (Å²) in [5.41, 5.74) is 1.98. The highest BCUT2D eigenvalue weighted by Crippen LogP contribution is 2.23. The van der Waals surface area contributed by atoms with Crippen molar-refractivity contribution >= 4 is 55.6 Å². The maximum Gasteiger partial charge on any atom is 0.261 e. The van der Waals surface area contributed by atoms with E-state index >= 15 is 0 Å². The molecule has 1 aromatic heterocycles. The molecule has 180 valence electrons. The summed E-state index contributed by atoms with van der Waals surface area (Å²) >= 11 is 12.0. The van der Waals surface area contributed by atoms with Crippen LogP contribution in [-0.4, -0.2) is 60.5 Å². The van der Waals surface area contributed by atoms with Gasteiger partial charge in [0.25, 0.3) is 5.56 Å². The minimum Gasteiger partial charge on any atom is -0.369 e. The van der Waals surface area contributed by atoms with Gasteiger partial charge in [-0.15, -0.1) is 0 Å². The minimum absolute atomic E-state index is 0.0691. The molecule has 3 aromatic rings. The van der Waals surface area contributed by atoms with Gasteiger partial charge in [0, 0.05) is 38.3 Å². The van der Waals surface area contributed by atoms with Gasteiger partial charge in [0.1, 0.15) is 0 Å². The van der Waals surface area contributed by atoms with Crippen molar-refractivity contribution < 1.29 is 13.2 Å². The molecule has 34 heavy (non-hydrogen) atoms. The predicted molar refractivity (Wildman–Crippen MR) is 134 cm³/mol. The van der Waals surface area contributed by atoms with Gasteiger partial charge < -0.3 is 4.90 Å². The van der Waals surface area contributed by atoms with E-state index < -0.39 is 10.0 Å². The van der Waals surface area contributed by atoms with E-state index in [4.69, 9.17) is 23.2 Å². The summed E-state index contributed by atoms with van der Waals surface area (Å²) in [6, 6.07) is 10.7. The van der Waals surface area contributed by atoms with E-state index in [9.17, 15) is 18.0 Å². The van der Waals surface area contributed by atoms with Gasteiger partial charge in [0.2, 0.25) is 10.0 Å². The molecule has 1 saturated heterocycles. The largest absolute Gasteiger partial charge is 0.369 e. The highest BCUT2D eigenvalue weighted by atomic mass is 35.5. The molecule has 1 aliphatic rings. The molecule has 1 aliphatic heterocycles. The number of nitrogens with zero attached hydrogens (tertiary/aromatic N) is 4. The maximum absolute atomic E-state index is 13.1. The van der Waals surface area contributed by atoms with Gasteiger partial charge in [0.15, 0.2) is 5.78 Å². The van der Waals surface area contributed by atoms with Crippen molar-refractivity contribution in [2.45, 2.75) is 19.4 Å². The lowest BCUT2D eigenvalue weighted by molar-refractivity contribution is -0.119. The van der Waals surface area contributed by atoms with E-state index in [1.54, 1.807) is 24.3 Å². The average molecular weight is 523 g/mol. The first-order chi connectivity index (χ1) is 16.1. The third kappa shape index (κ3) is 5.60. The Morgan fingerprint density at radius 3 is 2.44 bits per heavy atom. The zero-order valence-corrected chi connectivity index (χ0v) is 20.9. The predicted octanol–water partition coefficient (Wildman–Crippen LogP) is 2.99. The third-order valence-electron chi connectivity index (χ3n) is 5.90. The van der Waals surface area contributed by atoms with Gasteiger partial charge in [-0.25, -0.2) is 13.4 Å². The Hall–Kier alpha value is -2.46. The summed E-state index contributed by atoms with van der Waals surface area (Å²) in [4.78, 5) is 32.0. The van der Waals surface area contributed by atoms with Crippen LogP contribution in [0.1, 0.15) is 12.0 Å². The van der Waals surface area contributed by atoms with Gasteiger partial charge in [-0.3, -0.25) is 14.2 Å². The van der Waals surface area contributed by atoms with Crippen molar-refractivity contribution in [2.75, 3.05) is 37.3 Å². The lowest BCUT2D eigenvalue weighted by Crippen LogP contribution is -2.48. The van der Waals surface area contributed by atoms with Crippen LogP contribution < -0.4 is 10.5 Å². The van der Waals surface area contributed by atoms with Crippen LogP contribution in [0.25, 0.3) is 10.9 Å². The first-order valence-corrected chi connectivity index (χ1v) is 13.4. The molecule has 2 heterocycles. The van der Waals surface area contributed by atoms with E-state index in [0.717, 1.165) is 11.3 Å². The Bertz CT molecular complexity index is 1400. The van der Waals surface area contributed by atoms with Crippen LogP contribution in [0.4, 0.5) is 5.69 Å². The molecule has 0 amide bonds. The van der Waals surface area contributed by atoms with Crippen LogP contribution in [0.5, 0.6) is 0 Å². The number of piperazine rings is 1. The van der Waals surface area contributed by atoms with Crippen molar-refractivity contribution in [3.63, 3.8) is 0 Å². The molecule has 0 bridgehead atoms. The van der Waals surface area contributed by atoms with Crippen molar-refractivity contribution in [2.24, 2.45) is 0 Å². The molecule has 0 unspecified atom stereocenters. The van der Waals surface area contributed by atoms with Crippen LogP contribution in [0.2, 0.25) is 10.0 Å². The molecular weight excluding hydrogens is 499 g/mol. The smallest absolute Gasteiger partial charge is 0.261 e. The lowest BCUT2D eigenvalue weighted by Gasteiger charge is -2.34. The van der Waals surface area contributed by atoms with Crippen molar-refractivity contribution in [1.29, 1.82) is 0 Å². The molecule has 4 rings (SSSR count). The van der Waals surface area contributed by atoms with Gasteiger partial charge in [-0.1, -0.05) is 29.3 Å². The fourth-order valence-corrected chi connectivity index (χ4v) is 5.13. The molecule has 2 aromatic carbocycles. The summed E-state index contributed by atoms with van der Waals surface area (Å²) in [6.45, 7) is 1.77. The van der Waals surface area contributed by atoms with Gasteiger partial charge in [-0.05, 0) is 42.3 Å². The molecule has 0 aliphatic carbocycles. The monoisotopic (exact) mass is 522 g/mol. The van der Waals surface area contributed by atoms with E-state index in [-0.39, 0.29) is 24.3 Å². The fraction of sp³-hybridized carbons (Fsp3) is 0.348. The molecule has 0 spiro atoms. The first-order valence-electron chi connectivity index (χ1n) is 10.8. The first kappa shape index (κ1) is 24.7. The number of aromatic nitrogens is 2. The number of Topliss-reactive ketones (excluding diaryl/α,β-unsaturated/α-hetero) is 1. The van der Waals surface area contributed by atoms with E-state index in [2.05, 4.69) is 4.98 Å². The zero-order valence-electron chi connectivity index (χ0n) is 18.6. The molecule has 1 fully saturated rings. The summed E-state index contributed by atoms with van der Waals surface area (Å²) in [5, 5.41) is 1.32. The van der Waals surface area contributed by atoms with Crippen LogP contribution in [0.3, 0.4) is 0 Å². The lowest BCUT2D eigenvalue weighted by atomic mass is 10.1. The average Bonchev–Trinajstić information content (AvgIpc) is 2.81. The fourth-order valence-electron chi connectivity index (χ4n) is 3.98. The quantitative estimate of drug-likeness (QED) is 0.473. The molecule has 0 atom stereocenters. The summed E-state index contributed by atoms with van der Waals surface area (Å²) in [7, 11) is -3.22. The normalized spacial score (nSPS) is 15.1. The van der Waals surface area contributed by atoms with E-state index in [0.29, 0.717) is 53.5 Å². The second-order valence-electron chi connectivity index (χ2n) is 8.32. The number of anilines is 1. The number of benzene rings is 2. The van der Waals surface area contributed by atoms with Gasteiger partial charge in [0.05, 0.1) is 40.1 Å². The highest BCUT2D eigenvalue weighted by Gasteiger charge is 2.23. The van der Waals surface area contributed by atoms with Crippen molar-refractivity contribution in [3.05, 3.63) is 68.7 Å². The topological polar surface area (TPSA) is 92.6 Å². The second kappa shape index (κ2) is 10.0. The number of hydrogen-bond donors (Lipinski definition) is 0. The summed E-state index contributed by atoms with van der Waals surface area (Å²) in [5.74, 6) is -0.0950. The zero-order chi connectivity index (χ0) is 24.5. The number of rotatable bonds is 7. The highest BCUT2D eigenvalue weighted by molar-refractivity contribution is 7.88. The number of halogens is 2. The Balaban J connectivity index is 1.46. The summed E-state index contributed by atoms with van der Waals surface area (Å²) < 4.78 is 26.3. The van der Waals surface area contributed by atoms with Gasteiger partial charge >= 0.3 is 0 Å². The molecule has 0 radical (unpaired) electrons. The Labute approximate surface area is 207 Å². The number of fused-ring (bicyclic) bond motifs is 1. The summed E-state index contributed by atoms with van der Waals surface area (Å²) in [6.07, 6.45) is 3.35. The maximum atomic E-state index is 13.1. The molecule has 11 heteroatoms. The van der Waals surface area contributed by atoms with Gasteiger partial charge in [-0.2, -0.15) is 4.31 Å². The number of aryl methyl sites for hydroxylation is 1. The number of carbonyl (C=O) groups excluding carboxylic acids is 1. The molecule has 0 N–H and O–H groups in total. The standard InChI is InChI=1S/C23H24Cl2N4O4S/c1-34(32,33)29-10-8-27(9-11-29)17-4-7-22-19(13-17)23(31)28(15-26-22)14-18(30)5-2-16-3-6-20(24)21(25)12-16/h3-4,6-7,12-13,15H,2,5,8-11,14H2,1H3. The Kier molecular flexibility index (Phi) is 7.28. The SMILES string of the molecule is CS(=O)(=O)N1CCN(c2ccc3ncn(CC(=O)CCc4ccc(Cl)c(Cl)c4)c(=O)c3c2)CC1. The molecule has 0 saturated carbocycles. The number of hydrogen-bond acceptors (Lipinski definition) is 6. The number of ketones is 1. The third-order valence-corrected chi connectivity index (χ3v) is 7.95. The van der Waals surface area contributed by atoms with E-state index in [1.807, 2.05) is 17.0 Å². The number of carbonyl (C=O) groups is 1. The van der Waals surface area contributed by atoms with Crippen LogP contribution >= 0.6 is 23.2 Å². The molecular formula is C23H24Cl2N4O4S. The van der Waals surface area contributed by atoms with E-state index in [1.165, 1.54) is 21.5 Å². The van der Waals surface area contributed by atoms with Crippen LogP contribution in [-0.2, 0) is 27.8 Å². The van der Waals surface area contributed by atoms with Crippen LogP contribution in [0, 0.1) is 0 Å². The molecule has 8 nitrogen and oxygen atoms in total. The van der Waals surface area contributed by atoms with Crippen molar-refractivity contribution in [1.82, 2.24) is 13.9 Å². The van der Waals surface area contributed by atoms with Crippen LogP contribution in [0.15, 0.2) is 47.5 Å².